The van der Waals surface area contributed by atoms with Crippen LogP contribution in [0, 0.1) is 17.7 Å². The molecular weight excluding hydrogens is 1060 g/mol. The van der Waals surface area contributed by atoms with E-state index in [1.165, 1.54) is 23.9 Å². The Morgan fingerprint density at radius 2 is 1.15 bits per heavy atom. The molecule has 2 heterocycles. The third-order valence-electron chi connectivity index (χ3n) is 13.0. The van der Waals surface area contributed by atoms with Gasteiger partial charge in [-0.3, -0.25) is 77.2 Å². The van der Waals surface area contributed by atoms with Crippen LogP contribution in [0.4, 0.5) is 4.39 Å². The lowest BCUT2D eigenvalue weighted by Crippen LogP contribution is -2.49. The second kappa shape index (κ2) is 37.9. The first-order chi connectivity index (χ1) is 37.7. The Bertz CT molecular complexity index is 2200. The molecular formula is C53H77FN6O18S. The summed E-state index contributed by atoms with van der Waals surface area (Å²) in [4.78, 5) is 143. The minimum absolute atomic E-state index is 0.0374. The van der Waals surface area contributed by atoms with Crippen molar-refractivity contribution in [2.45, 2.75) is 64.2 Å². The second-order valence-corrected chi connectivity index (χ2v) is 20.3. The molecule has 0 aliphatic carbocycles. The molecule has 26 heteroatoms. The summed E-state index contributed by atoms with van der Waals surface area (Å²) in [7, 11) is 0. The van der Waals surface area contributed by atoms with Crippen molar-refractivity contribution in [2.24, 2.45) is 11.8 Å². The number of hydrogen-bond acceptors (Lipinski definition) is 19. The number of amides is 3. The van der Waals surface area contributed by atoms with Gasteiger partial charge in [0.05, 0.1) is 70.6 Å². The van der Waals surface area contributed by atoms with Gasteiger partial charge in [0.1, 0.15) is 18.2 Å². The summed E-state index contributed by atoms with van der Waals surface area (Å²) in [5.74, 6) is -9.59. The monoisotopic (exact) mass is 1140 g/mol. The van der Waals surface area contributed by atoms with Gasteiger partial charge in [-0.25, -0.2) is 4.39 Å². The van der Waals surface area contributed by atoms with Gasteiger partial charge in [0.2, 0.25) is 5.91 Å². The molecule has 0 spiro atoms. The number of carbonyl (C=O) groups excluding carboxylic acids is 7. The molecule has 2 aliphatic rings. The van der Waals surface area contributed by atoms with E-state index in [9.17, 15) is 73.2 Å². The fourth-order valence-electron chi connectivity index (χ4n) is 8.63. The van der Waals surface area contributed by atoms with Crippen LogP contribution >= 0.6 is 11.8 Å². The van der Waals surface area contributed by atoms with Crippen LogP contribution in [0.2, 0.25) is 0 Å². The molecule has 0 radical (unpaired) electrons. The number of Topliss-reactive ketones (excluding diaryl/α,β-unsaturated/α-hetero) is 4. The van der Waals surface area contributed by atoms with Crippen LogP contribution in [0.3, 0.4) is 0 Å². The van der Waals surface area contributed by atoms with E-state index in [2.05, 4.69) is 5.32 Å². The fraction of sp³-hybridized carbons (Fsp3) is 0.642. The van der Waals surface area contributed by atoms with Gasteiger partial charge in [0.15, 0.2) is 17.3 Å². The van der Waals surface area contributed by atoms with Gasteiger partial charge in [-0.1, -0.05) is 12.5 Å². The molecule has 1 aromatic rings. The molecule has 2 atom stereocenters. The number of unbranched alkanes of at least 4 members (excludes halogenated alkanes) is 1. The number of thioether (sulfide) groups is 1. The molecule has 5 N–H and O–H groups in total. The molecule has 440 valence electrons. The lowest BCUT2D eigenvalue weighted by molar-refractivity contribution is -0.144. The number of rotatable bonds is 40. The van der Waals surface area contributed by atoms with Gasteiger partial charge in [-0.05, 0) is 61.8 Å². The maximum absolute atomic E-state index is 15.0. The van der Waals surface area contributed by atoms with Crippen molar-refractivity contribution < 1.29 is 91.8 Å². The first-order valence-electron chi connectivity index (χ1n) is 26.4. The van der Waals surface area contributed by atoms with Crippen LogP contribution < -0.4 is 5.32 Å². The lowest BCUT2D eigenvalue weighted by atomic mass is 9.93. The Kier molecular flexibility index (Phi) is 32.3. The Hall–Kier alpha value is -5.87. The summed E-state index contributed by atoms with van der Waals surface area (Å²) < 4.78 is 31.6. The molecule has 0 saturated carbocycles. The number of ether oxygens (including phenoxy) is 3. The number of halogens is 1. The van der Waals surface area contributed by atoms with Crippen molar-refractivity contribution in [3.63, 3.8) is 0 Å². The molecule has 24 nitrogen and oxygen atoms in total. The van der Waals surface area contributed by atoms with Crippen molar-refractivity contribution in [1.82, 2.24) is 29.8 Å². The summed E-state index contributed by atoms with van der Waals surface area (Å²) in [5.41, 5.74) is 0.267. The van der Waals surface area contributed by atoms with Crippen LogP contribution in [-0.4, -0.2) is 253 Å². The summed E-state index contributed by atoms with van der Waals surface area (Å²) in [5, 5.41) is 40.4. The number of benzene rings is 1. The molecule has 79 heavy (non-hydrogen) atoms. The number of carbonyl (C=O) groups is 11. The number of carboxylic acid groups (broad SMARTS) is 4. The highest BCUT2D eigenvalue weighted by molar-refractivity contribution is 7.98. The van der Waals surface area contributed by atoms with E-state index in [1.54, 1.807) is 14.7 Å². The van der Waals surface area contributed by atoms with Crippen molar-refractivity contribution in [3.05, 3.63) is 47.3 Å². The number of hydrogen-bond donors (Lipinski definition) is 5. The van der Waals surface area contributed by atoms with Crippen molar-refractivity contribution in [3.8, 4) is 0 Å². The van der Waals surface area contributed by atoms with Gasteiger partial charge in [-0.2, -0.15) is 11.8 Å². The molecule has 1 aromatic carbocycles. The Morgan fingerprint density at radius 1 is 0.620 bits per heavy atom. The van der Waals surface area contributed by atoms with Gasteiger partial charge >= 0.3 is 23.9 Å². The lowest BCUT2D eigenvalue weighted by Gasteiger charge is -2.32. The average Bonchev–Trinajstić information content (AvgIpc) is 3.72. The largest absolute Gasteiger partial charge is 0.481 e. The quantitative estimate of drug-likeness (QED) is 0.0348. The molecule has 1 fully saturated rings. The molecule has 2 aliphatic heterocycles. The van der Waals surface area contributed by atoms with Crippen LogP contribution in [0.1, 0.15) is 73.7 Å². The molecule has 3 amide bonds. The van der Waals surface area contributed by atoms with E-state index in [1.807, 2.05) is 11.2 Å². The summed E-state index contributed by atoms with van der Waals surface area (Å²) in [6, 6.07) is 3.92. The van der Waals surface area contributed by atoms with Gasteiger partial charge < -0.3 is 40.0 Å². The van der Waals surface area contributed by atoms with E-state index in [0.717, 1.165) is 23.1 Å². The van der Waals surface area contributed by atoms with E-state index in [-0.39, 0.29) is 161 Å². The number of ketones is 4. The predicted molar refractivity (Wildman–Crippen MR) is 284 cm³/mol. The zero-order valence-corrected chi connectivity index (χ0v) is 45.8. The predicted octanol–water partition coefficient (Wildman–Crippen LogP) is 1.02. The van der Waals surface area contributed by atoms with Crippen molar-refractivity contribution in [1.29, 1.82) is 0 Å². The molecule has 3 rings (SSSR count). The topological polar surface area (TPSA) is 325 Å². The highest BCUT2D eigenvalue weighted by Crippen LogP contribution is 2.21. The number of carboxylic acids is 4. The van der Waals surface area contributed by atoms with Gasteiger partial charge in [0, 0.05) is 109 Å². The summed E-state index contributed by atoms with van der Waals surface area (Å²) in [6.07, 6.45) is 5.31. The molecule has 0 unspecified atom stereocenters. The maximum Gasteiger partial charge on any atom is 0.317 e. The van der Waals surface area contributed by atoms with Crippen molar-refractivity contribution >= 4 is 76.5 Å². The Labute approximate surface area is 463 Å². The zero-order valence-electron chi connectivity index (χ0n) is 45.0. The summed E-state index contributed by atoms with van der Waals surface area (Å²) in [6.45, 7) is 2.17. The second-order valence-electron chi connectivity index (χ2n) is 19.3. The minimum Gasteiger partial charge on any atom is -0.481 e. The normalized spacial score (nSPS) is 16.0. The fourth-order valence-corrected chi connectivity index (χ4v) is 9.15. The van der Waals surface area contributed by atoms with Crippen LogP contribution in [0.25, 0.3) is 0 Å². The number of aryl methyl sites for hydroxylation is 1. The number of aliphatic carboxylic acids is 4. The van der Waals surface area contributed by atoms with E-state index in [4.69, 9.17) is 14.2 Å². The van der Waals surface area contributed by atoms with Crippen LogP contribution in [0.15, 0.2) is 30.4 Å². The minimum atomic E-state index is -1.20. The first-order valence-corrected chi connectivity index (χ1v) is 27.8. The average molecular weight is 1140 g/mol. The van der Waals surface area contributed by atoms with Crippen LogP contribution in [0.5, 0.6) is 0 Å². The SMILES string of the molecule is CSCC[C@H](CC(=O)c1cc(CCC(=O)COCCOCCOCCCC(=O)CN2CCN(CC(=O)O)CCN(CC(=O)O)CCN(CC(=O)O)CC2)ccc1F)C(=O)NCC(=O)C[C@@H](CCCCN1C(=O)C=CC1=O)C(=O)O. The van der Waals surface area contributed by atoms with Gasteiger partial charge in [0.25, 0.3) is 11.8 Å². The van der Waals surface area contributed by atoms with Crippen molar-refractivity contribution in [2.75, 3.05) is 143 Å². The first kappa shape index (κ1) is 67.4. The third kappa shape index (κ3) is 28.7. The van der Waals surface area contributed by atoms with Gasteiger partial charge in [-0.15, -0.1) is 0 Å². The van der Waals surface area contributed by atoms with E-state index >= 15 is 4.39 Å². The summed E-state index contributed by atoms with van der Waals surface area (Å²) >= 11 is 1.43. The number of imide groups is 1. The Balaban J connectivity index is 1.32. The van der Waals surface area contributed by atoms with Crippen LogP contribution in [-0.2, 0) is 68.6 Å². The zero-order chi connectivity index (χ0) is 58.1. The molecule has 0 aromatic heterocycles. The highest BCUT2D eigenvalue weighted by Gasteiger charge is 2.28. The third-order valence-corrected chi connectivity index (χ3v) is 13.7. The maximum atomic E-state index is 15.0. The van der Waals surface area contributed by atoms with E-state index < -0.39 is 77.4 Å². The molecule has 0 bridgehead atoms. The smallest absolute Gasteiger partial charge is 0.317 e. The molecule has 1 saturated heterocycles. The van der Waals surface area contributed by atoms with E-state index in [0.29, 0.717) is 56.8 Å². The standard InChI is InChI=1S/C53H77FN6O18S/c1-79-28-13-39(52(73)55-32-43(63)30-40(53(74)75)5-2-3-14-60-47(65)11-12-48(60)66)31-46(64)44-29-38(8-10-45(44)54)7-9-42(62)37-78-27-26-77-25-24-76-23-4-6-41(61)33-56-15-17-57(34-49(67)68)19-21-59(36-51(71)72)22-20-58(18-16-56)35-50(69)70/h8,10-12,29,39-40H,2-7,9,13-28,30-37H2,1H3,(H,55,73)(H,67,68)(H,69,70)(H,71,72)(H,74,75)/t39-,40-/m1/s1. The number of nitrogens with one attached hydrogen (secondary N) is 1. The highest BCUT2D eigenvalue weighted by atomic mass is 32.2. The number of nitrogens with zero attached hydrogens (tertiary/aromatic N) is 5. The Morgan fingerprint density at radius 3 is 1.68 bits per heavy atom.